The van der Waals surface area contributed by atoms with Gasteiger partial charge in [-0.3, -0.25) is 9.59 Å². The molecule has 5 heteroatoms. The minimum Gasteiger partial charge on any atom is -0.434 e. The van der Waals surface area contributed by atoms with Gasteiger partial charge < -0.3 is 4.74 Å². The molecule has 0 spiro atoms. The van der Waals surface area contributed by atoms with Gasteiger partial charge in [0.25, 0.3) is 5.91 Å². The summed E-state index contributed by atoms with van der Waals surface area (Å²) in [4.78, 5) is 30.6. The van der Waals surface area contributed by atoms with Gasteiger partial charge in [-0.2, -0.15) is 0 Å². The standard InChI is InChI=1S/C22H21NO4/c1-14(24)26-19-13-22(2,3)23(27-19)21(25)20-17-10-6-4-8-15(17)12-16-9-5-7-11-18(16)20/h4-12,19H,13H2,1-3H3/t19-/m1/s1. The Morgan fingerprint density at radius 2 is 1.59 bits per heavy atom. The number of amides is 1. The molecule has 1 amide bonds. The fraction of sp³-hybridized carbons (Fsp3) is 0.273. The number of hydroxylamine groups is 2. The average molecular weight is 363 g/mol. The maximum Gasteiger partial charge on any atom is 0.305 e. The summed E-state index contributed by atoms with van der Waals surface area (Å²) < 4.78 is 5.18. The Labute approximate surface area is 157 Å². The fourth-order valence-corrected chi connectivity index (χ4v) is 3.71. The van der Waals surface area contributed by atoms with E-state index in [9.17, 15) is 9.59 Å². The molecule has 27 heavy (non-hydrogen) atoms. The van der Waals surface area contributed by atoms with E-state index in [0.29, 0.717) is 12.0 Å². The predicted molar refractivity (Wildman–Crippen MR) is 103 cm³/mol. The van der Waals surface area contributed by atoms with Crippen molar-refractivity contribution >= 4 is 33.4 Å². The summed E-state index contributed by atoms with van der Waals surface area (Å²) in [6, 6.07) is 17.7. The van der Waals surface area contributed by atoms with Crippen molar-refractivity contribution < 1.29 is 19.2 Å². The second-order valence-corrected chi connectivity index (χ2v) is 7.45. The van der Waals surface area contributed by atoms with Gasteiger partial charge in [0.15, 0.2) is 0 Å². The van der Waals surface area contributed by atoms with Crippen molar-refractivity contribution in [2.24, 2.45) is 0 Å². The molecule has 0 N–H and O–H groups in total. The number of ether oxygens (including phenoxy) is 1. The second kappa shape index (κ2) is 6.35. The van der Waals surface area contributed by atoms with Crippen LogP contribution in [0.3, 0.4) is 0 Å². The monoisotopic (exact) mass is 363 g/mol. The molecule has 0 unspecified atom stereocenters. The van der Waals surface area contributed by atoms with Crippen LogP contribution in [0.1, 0.15) is 37.6 Å². The van der Waals surface area contributed by atoms with Crippen LogP contribution in [0.5, 0.6) is 0 Å². The number of hydrogen-bond acceptors (Lipinski definition) is 4. The molecule has 5 nitrogen and oxygen atoms in total. The Bertz CT molecular complexity index is 1000. The third-order valence-electron chi connectivity index (χ3n) is 4.91. The van der Waals surface area contributed by atoms with Crippen molar-refractivity contribution in [2.45, 2.75) is 39.0 Å². The Hall–Kier alpha value is -2.92. The molecule has 1 aliphatic heterocycles. The average Bonchev–Trinajstić information content (AvgIpc) is 2.92. The minimum absolute atomic E-state index is 0.234. The SMILES string of the molecule is CC(=O)O[C@H]1CC(C)(C)N(C(=O)c2c3ccccc3cc3ccccc23)O1. The quantitative estimate of drug-likeness (QED) is 0.499. The molecule has 1 heterocycles. The Morgan fingerprint density at radius 3 is 2.15 bits per heavy atom. The molecule has 4 rings (SSSR count). The molecule has 3 aromatic carbocycles. The summed E-state index contributed by atoms with van der Waals surface area (Å²) >= 11 is 0. The number of hydrogen-bond donors (Lipinski definition) is 0. The summed E-state index contributed by atoms with van der Waals surface area (Å²) in [5.74, 6) is -0.664. The molecular formula is C22H21NO4. The molecule has 0 radical (unpaired) electrons. The van der Waals surface area contributed by atoms with Crippen molar-refractivity contribution in [3.8, 4) is 0 Å². The van der Waals surface area contributed by atoms with Crippen molar-refractivity contribution in [1.82, 2.24) is 5.06 Å². The van der Waals surface area contributed by atoms with E-state index in [1.165, 1.54) is 12.0 Å². The molecule has 0 aliphatic carbocycles. The lowest BCUT2D eigenvalue weighted by Crippen LogP contribution is -2.42. The second-order valence-electron chi connectivity index (χ2n) is 7.45. The van der Waals surface area contributed by atoms with Crippen LogP contribution in [0.4, 0.5) is 0 Å². The van der Waals surface area contributed by atoms with Gasteiger partial charge in [0.2, 0.25) is 6.29 Å². The Kier molecular flexibility index (Phi) is 4.12. The van der Waals surface area contributed by atoms with Crippen LogP contribution in [-0.2, 0) is 14.4 Å². The van der Waals surface area contributed by atoms with Crippen LogP contribution in [0, 0.1) is 0 Å². The molecular weight excluding hydrogens is 342 g/mol. The highest BCUT2D eigenvalue weighted by Crippen LogP contribution is 2.36. The highest BCUT2D eigenvalue weighted by Gasteiger charge is 2.45. The maximum absolute atomic E-state index is 13.6. The first-order chi connectivity index (χ1) is 12.9. The van der Waals surface area contributed by atoms with Crippen LogP contribution in [0.2, 0.25) is 0 Å². The van der Waals surface area contributed by atoms with Gasteiger partial charge in [-0.15, -0.1) is 0 Å². The summed E-state index contributed by atoms with van der Waals surface area (Å²) in [6.45, 7) is 5.14. The van der Waals surface area contributed by atoms with Crippen molar-refractivity contribution in [1.29, 1.82) is 0 Å². The zero-order valence-electron chi connectivity index (χ0n) is 15.6. The van der Waals surface area contributed by atoms with Gasteiger partial charge in [0.05, 0.1) is 11.1 Å². The largest absolute Gasteiger partial charge is 0.434 e. The van der Waals surface area contributed by atoms with Gasteiger partial charge >= 0.3 is 5.97 Å². The van der Waals surface area contributed by atoms with Gasteiger partial charge in [-0.25, -0.2) is 9.90 Å². The maximum atomic E-state index is 13.6. The molecule has 1 fully saturated rings. The van der Waals surface area contributed by atoms with Gasteiger partial charge in [-0.1, -0.05) is 48.5 Å². The van der Waals surface area contributed by atoms with E-state index in [4.69, 9.17) is 9.57 Å². The van der Waals surface area contributed by atoms with E-state index in [0.717, 1.165) is 21.5 Å². The molecule has 3 aromatic rings. The van der Waals surface area contributed by atoms with E-state index < -0.39 is 17.8 Å². The Balaban J connectivity index is 1.85. The van der Waals surface area contributed by atoms with Gasteiger partial charge in [0.1, 0.15) is 0 Å². The van der Waals surface area contributed by atoms with Gasteiger partial charge in [-0.05, 0) is 41.5 Å². The first-order valence-electron chi connectivity index (χ1n) is 8.96. The first-order valence-corrected chi connectivity index (χ1v) is 8.96. The number of fused-ring (bicyclic) bond motifs is 2. The zero-order chi connectivity index (χ0) is 19.2. The number of benzene rings is 3. The molecule has 0 bridgehead atoms. The van der Waals surface area contributed by atoms with Crippen LogP contribution in [-0.4, -0.2) is 28.8 Å². The summed E-state index contributed by atoms with van der Waals surface area (Å²) in [5, 5.41) is 5.09. The van der Waals surface area contributed by atoms with E-state index in [1.54, 1.807) is 0 Å². The molecule has 1 saturated heterocycles. The van der Waals surface area contributed by atoms with E-state index in [-0.39, 0.29) is 5.91 Å². The lowest BCUT2D eigenvalue weighted by molar-refractivity contribution is -0.219. The highest BCUT2D eigenvalue weighted by molar-refractivity contribution is 6.18. The molecule has 0 aromatic heterocycles. The zero-order valence-corrected chi connectivity index (χ0v) is 15.6. The third kappa shape index (κ3) is 3.04. The lowest BCUT2D eigenvalue weighted by Gasteiger charge is -2.29. The molecule has 1 aliphatic rings. The highest BCUT2D eigenvalue weighted by atomic mass is 16.8. The van der Waals surface area contributed by atoms with E-state index >= 15 is 0 Å². The van der Waals surface area contributed by atoms with Crippen molar-refractivity contribution in [2.75, 3.05) is 0 Å². The number of rotatable bonds is 2. The van der Waals surface area contributed by atoms with Crippen molar-refractivity contribution in [3.63, 3.8) is 0 Å². The van der Waals surface area contributed by atoms with E-state index in [2.05, 4.69) is 6.07 Å². The van der Waals surface area contributed by atoms with Crippen LogP contribution in [0.15, 0.2) is 54.6 Å². The number of nitrogens with zero attached hydrogens (tertiary/aromatic N) is 1. The lowest BCUT2D eigenvalue weighted by atomic mass is 9.94. The molecule has 138 valence electrons. The first kappa shape index (κ1) is 17.5. The summed E-state index contributed by atoms with van der Waals surface area (Å²) in [5.41, 5.74) is -0.00448. The Morgan fingerprint density at radius 1 is 1.04 bits per heavy atom. The van der Waals surface area contributed by atoms with Crippen LogP contribution in [0.25, 0.3) is 21.5 Å². The van der Waals surface area contributed by atoms with Gasteiger partial charge in [0, 0.05) is 13.3 Å². The third-order valence-corrected chi connectivity index (χ3v) is 4.91. The normalized spacial score (nSPS) is 18.8. The fourth-order valence-electron chi connectivity index (χ4n) is 3.71. The summed E-state index contributed by atoms with van der Waals surface area (Å²) in [6.07, 6.45) is -0.344. The minimum atomic E-state index is -0.761. The van der Waals surface area contributed by atoms with E-state index in [1.807, 2.05) is 62.4 Å². The smallest absolute Gasteiger partial charge is 0.305 e. The molecule has 0 saturated carbocycles. The number of carbonyl (C=O) groups is 2. The van der Waals surface area contributed by atoms with Crippen molar-refractivity contribution in [3.05, 3.63) is 60.2 Å². The summed E-state index contributed by atoms with van der Waals surface area (Å²) in [7, 11) is 0. The van der Waals surface area contributed by atoms with Crippen LogP contribution >= 0.6 is 0 Å². The number of esters is 1. The number of carbonyl (C=O) groups excluding carboxylic acids is 2. The predicted octanol–water partition coefficient (Wildman–Crippen LogP) is 4.44. The van der Waals surface area contributed by atoms with Crippen LogP contribution < -0.4 is 0 Å². The topological polar surface area (TPSA) is 55.8 Å². The molecule has 1 atom stereocenters.